The molecule has 2 unspecified atom stereocenters. The third-order valence-electron chi connectivity index (χ3n) is 2.47. The van der Waals surface area contributed by atoms with Crippen LogP contribution in [0.2, 0.25) is 0 Å². The number of rotatable bonds is 3. The van der Waals surface area contributed by atoms with E-state index in [0.29, 0.717) is 12.2 Å². The van der Waals surface area contributed by atoms with Crippen LogP contribution in [0.5, 0.6) is 0 Å². The first kappa shape index (κ1) is 10.5. The maximum Gasteiger partial charge on any atom is 0.191 e. The molecule has 2 heterocycles. The predicted octanol–water partition coefficient (Wildman–Crippen LogP) is -0.963. The van der Waals surface area contributed by atoms with Gasteiger partial charge in [-0.25, -0.2) is 8.42 Å². The molecule has 2 rings (SSSR count). The highest BCUT2D eigenvalue weighted by Gasteiger charge is 2.29. The predicted molar refractivity (Wildman–Crippen MR) is 52.8 cm³/mol. The van der Waals surface area contributed by atoms with E-state index in [-0.39, 0.29) is 23.6 Å². The fourth-order valence-corrected chi connectivity index (χ4v) is 3.39. The molecule has 7 nitrogen and oxygen atoms in total. The molecule has 0 bridgehead atoms. The van der Waals surface area contributed by atoms with Crippen LogP contribution in [0.3, 0.4) is 0 Å². The van der Waals surface area contributed by atoms with Crippen molar-refractivity contribution in [2.75, 3.05) is 11.5 Å². The lowest BCUT2D eigenvalue weighted by atomic mass is 10.2. The zero-order valence-electron chi connectivity index (χ0n) is 8.34. The summed E-state index contributed by atoms with van der Waals surface area (Å²) >= 11 is 0. The van der Waals surface area contributed by atoms with Crippen molar-refractivity contribution in [1.82, 2.24) is 25.9 Å². The molecule has 1 aliphatic heterocycles. The van der Waals surface area contributed by atoms with Crippen LogP contribution in [0.15, 0.2) is 0 Å². The van der Waals surface area contributed by atoms with Crippen LogP contribution in [0.25, 0.3) is 0 Å². The number of nitrogens with zero attached hydrogens (tertiary/aromatic N) is 3. The van der Waals surface area contributed by atoms with E-state index in [2.05, 4.69) is 25.9 Å². The summed E-state index contributed by atoms with van der Waals surface area (Å²) in [5, 5.41) is 16.7. The Morgan fingerprint density at radius 1 is 1.60 bits per heavy atom. The highest BCUT2D eigenvalue weighted by atomic mass is 32.2. The van der Waals surface area contributed by atoms with Crippen LogP contribution in [0.1, 0.15) is 25.2 Å². The molecule has 84 valence electrons. The number of sulfone groups is 1. The molecule has 0 saturated carbocycles. The molecule has 8 heteroatoms. The topological polar surface area (TPSA) is 101 Å². The van der Waals surface area contributed by atoms with Gasteiger partial charge < -0.3 is 5.32 Å². The van der Waals surface area contributed by atoms with E-state index < -0.39 is 9.84 Å². The first-order chi connectivity index (χ1) is 7.07. The molecular formula is C7H13N5O2S. The number of nitrogens with one attached hydrogen (secondary N) is 2. The summed E-state index contributed by atoms with van der Waals surface area (Å²) in [5.41, 5.74) is 0. The molecule has 15 heavy (non-hydrogen) atoms. The largest absolute Gasteiger partial charge is 0.304 e. The van der Waals surface area contributed by atoms with E-state index in [4.69, 9.17) is 0 Å². The van der Waals surface area contributed by atoms with Crippen molar-refractivity contribution in [2.24, 2.45) is 0 Å². The lowest BCUT2D eigenvalue weighted by Gasteiger charge is -2.14. The molecule has 0 amide bonds. The molecule has 2 N–H and O–H groups in total. The van der Waals surface area contributed by atoms with Gasteiger partial charge in [0.1, 0.15) is 0 Å². The van der Waals surface area contributed by atoms with E-state index in [0.717, 1.165) is 0 Å². The second kappa shape index (κ2) is 3.86. The van der Waals surface area contributed by atoms with Crippen LogP contribution >= 0.6 is 0 Å². The smallest absolute Gasteiger partial charge is 0.191 e. The van der Waals surface area contributed by atoms with Crippen LogP contribution in [0, 0.1) is 0 Å². The normalized spacial score (nSPS) is 26.6. The maximum atomic E-state index is 11.2. The van der Waals surface area contributed by atoms with Gasteiger partial charge in [0.25, 0.3) is 0 Å². The minimum Gasteiger partial charge on any atom is -0.304 e. The third-order valence-corrected chi connectivity index (χ3v) is 4.24. The Labute approximate surface area is 87.6 Å². The zero-order valence-corrected chi connectivity index (χ0v) is 9.16. The minimum atomic E-state index is -2.84. The van der Waals surface area contributed by atoms with Crippen molar-refractivity contribution >= 4 is 9.84 Å². The first-order valence-corrected chi connectivity index (χ1v) is 6.59. The second-order valence-electron chi connectivity index (χ2n) is 3.76. The molecule has 0 aromatic carbocycles. The molecule has 1 aliphatic rings. The first-order valence-electron chi connectivity index (χ1n) is 4.76. The molecule has 1 fully saturated rings. The van der Waals surface area contributed by atoms with E-state index in [1.807, 2.05) is 6.92 Å². The molecule has 0 spiro atoms. The highest BCUT2D eigenvalue weighted by molar-refractivity contribution is 7.91. The summed E-state index contributed by atoms with van der Waals surface area (Å²) in [4.78, 5) is 0. The summed E-state index contributed by atoms with van der Waals surface area (Å²) in [5.74, 6) is 1.03. The van der Waals surface area contributed by atoms with Crippen molar-refractivity contribution in [2.45, 2.75) is 25.4 Å². The Morgan fingerprint density at radius 3 is 2.93 bits per heavy atom. The monoisotopic (exact) mass is 231 g/mol. The minimum absolute atomic E-state index is 0.00324. The van der Waals surface area contributed by atoms with Gasteiger partial charge in [-0.15, -0.1) is 10.2 Å². The number of aromatic amines is 1. The van der Waals surface area contributed by atoms with Crippen molar-refractivity contribution in [3.05, 3.63) is 5.82 Å². The van der Waals surface area contributed by atoms with Gasteiger partial charge >= 0.3 is 0 Å². The number of aromatic nitrogens is 4. The van der Waals surface area contributed by atoms with Gasteiger partial charge in [0.15, 0.2) is 15.7 Å². The molecule has 0 aliphatic carbocycles. The molecule has 1 saturated heterocycles. The number of tetrazole rings is 1. The molecular weight excluding hydrogens is 218 g/mol. The van der Waals surface area contributed by atoms with Gasteiger partial charge in [0.05, 0.1) is 17.5 Å². The van der Waals surface area contributed by atoms with Crippen LogP contribution in [0.4, 0.5) is 0 Å². The van der Waals surface area contributed by atoms with Crippen molar-refractivity contribution in [3.63, 3.8) is 0 Å². The average molecular weight is 231 g/mol. The Hall–Kier alpha value is -1.02. The maximum absolute atomic E-state index is 11.2. The summed E-state index contributed by atoms with van der Waals surface area (Å²) in [6, 6.07) is -0.0782. The Balaban J connectivity index is 1.94. The van der Waals surface area contributed by atoms with Gasteiger partial charge in [-0.05, 0) is 13.3 Å². The number of hydrogen-bond acceptors (Lipinski definition) is 6. The Kier molecular flexibility index (Phi) is 2.70. The van der Waals surface area contributed by atoms with E-state index >= 15 is 0 Å². The lowest BCUT2D eigenvalue weighted by Crippen LogP contribution is -2.32. The van der Waals surface area contributed by atoms with Gasteiger partial charge in [-0.1, -0.05) is 5.21 Å². The zero-order chi connectivity index (χ0) is 10.9. The molecule has 2 atom stereocenters. The van der Waals surface area contributed by atoms with E-state index in [1.54, 1.807) is 0 Å². The Morgan fingerprint density at radius 2 is 2.40 bits per heavy atom. The quantitative estimate of drug-likeness (QED) is 0.694. The van der Waals surface area contributed by atoms with Crippen molar-refractivity contribution < 1.29 is 8.42 Å². The van der Waals surface area contributed by atoms with Crippen molar-refractivity contribution in [3.8, 4) is 0 Å². The molecule has 1 aromatic heterocycles. The third kappa shape index (κ3) is 2.51. The van der Waals surface area contributed by atoms with Crippen LogP contribution in [-0.4, -0.2) is 46.6 Å². The average Bonchev–Trinajstić information content (AvgIpc) is 2.74. The van der Waals surface area contributed by atoms with Gasteiger partial charge in [0, 0.05) is 6.04 Å². The number of H-pyrrole nitrogens is 1. The van der Waals surface area contributed by atoms with Gasteiger partial charge in [-0.3, -0.25) is 0 Å². The van der Waals surface area contributed by atoms with Crippen molar-refractivity contribution in [1.29, 1.82) is 0 Å². The standard InChI is InChI=1S/C7H13N5O2S/c1-5(7-9-11-12-10-7)8-6-2-3-15(13,14)4-6/h5-6,8H,2-4H2,1H3,(H,9,10,11,12). The Bertz CT molecular complexity index is 415. The summed E-state index contributed by atoms with van der Waals surface area (Å²) < 4.78 is 22.4. The van der Waals surface area contributed by atoms with Gasteiger partial charge in [-0.2, -0.15) is 5.21 Å². The van der Waals surface area contributed by atoms with Crippen LogP contribution < -0.4 is 5.32 Å². The molecule has 1 aromatic rings. The van der Waals surface area contributed by atoms with Gasteiger partial charge in [0.2, 0.25) is 0 Å². The second-order valence-corrected chi connectivity index (χ2v) is 5.99. The number of hydrogen-bond donors (Lipinski definition) is 2. The summed E-state index contributed by atoms with van der Waals surface area (Å²) in [7, 11) is -2.84. The van der Waals surface area contributed by atoms with Crippen LogP contribution in [-0.2, 0) is 9.84 Å². The fourth-order valence-electron chi connectivity index (χ4n) is 1.71. The highest BCUT2D eigenvalue weighted by Crippen LogP contribution is 2.15. The van der Waals surface area contributed by atoms with E-state index in [9.17, 15) is 8.42 Å². The molecule has 0 radical (unpaired) electrons. The van der Waals surface area contributed by atoms with E-state index in [1.165, 1.54) is 0 Å². The summed E-state index contributed by atoms with van der Waals surface area (Å²) in [6.45, 7) is 1.88. The lowest BCUT2D eigenvalue weighted by molar-refractivity contribution is 0.469. The summed E-state index contributed by atoms with van der Waals surface area (Å²) in [6.07, 6.45) is 0.657. The fraction of sp³-hybridized carbons (Fsp3) is 0.857. The SMILES string of the molecule is CC(NC1CCS(=O)(=O)C1)c1nn[nH]n1.